The molecule has 1 atom stereocenters. The maximum atomic E-state index is 12.4. The number of carboxylic acid groups (broad SMARTS) is 1. The Kier molecular flexibility index (Phi) is 5.37. The minimum Gasteiger partial charge on any atom is -0.481 e. The van der Waals surface area contributed by atoms with Crippen molar-refractivity contribution in [3.8, 4) is 0 Å². The third-order valence-electron chi connectivity index (χ3n) is 3.46. The van der Waals surface area contributed by atoms with Crippen LogP contribution in [0.25, 0.3) is 0 Å². The molecule has 21 heavy (non-hydrogen) atoms. The lowest BCUT2D eigenvalue weighted by Gasteiger charge is -2.26. The summed E-state index contributed by atoms with van der Waals surface area (Å²) in [6, 6.07) is 9.04. The van der Waals surface area contributed by atoms with Crippen molar-refractivity contribution in [3.05, 3.63) is 42.5 Å². The highest BCUT2D eigenvalue weighted by Crippen LogP contribution is 2.16. The Labute approximate surface area is 124 Å². The Hall–Kier alpha value is -2.30. The Balaban J connectivity index is 2.04. The molecule has 0 heterocycles. The molecule has 0 saturated carbocycles. The van der Waals surface area contributed by atoms with Gasteiger partial charge in [-0.2, -0.15) is 0 Å². The lowest BCUT2D eigenvalue weighted by molar-refractivity contribution is -0.136. The van der Waals surface area contributed by atoms with Crippen molar-refractivity contribution in [1.29, 1.82) is 0 Å². The SMILES string of the molecule is O=C(O)CCN(C(=O)NC1CC=CCC1)c1ccccc1. The first-order valence-corrected chi connectivity index (χ1v) is 7.16. The summed E-state index contributed by atoms with van der Waals surface area (Å²) in [4.78, 5) is 24.7. The van der Waals surface area contributed by atoms with Gasteiger partial charge in [0.15, 0.2) is 0 Å². The Morgan fingerprint density at radius 2 is 2.00 bits per heavy atom. The number of allylic oxidation sites excluding steroid dienone is 1. The number of carbonyl (C=O) groups is 2. The third-order valence-corrected chi connectivity index (χ3v) is 3.46. The van der Waals surface area contributed by atoms with E-state index in [1.165, 1.54) is 4.90 Å². The summed E-state index contributed by atoms with van der Waals surface area (Å²) in [5, 5.41) is 11.8. The monoisotopic (exact) mass is 288 g/mol. The van der Waals surface area contributed by atoms with E-state index in [1.807, 2.05) is 30.3 Å². The van der Waals surface area contributed by atoms with E-state index in [0.29, 0.717) is 5.69 Å². The molecule has 1 aliphatic carbocycles. The molecule has 2 rings (SSSR count). The van der Waals surface area contributed by atoms with E-state index in [0.717, 1.165) is 19.3 Å². The summed E-state index contributed by atoms with van der Waals surface area (Å²) in [5.74, 6) is -0.913. The van der Waals surface area contributed by atoms with Gasteiger partial charge in [0.25, 0.3) is 0 Å². The van der Waals surface area contributed by atoms with E-state index < -0.39 is 5.97 Å². The van der Waals surface area contributed by atoms with Gasteiger partial charge in [-0.25, -0.2) is 4.79 Å². The fraction of sp³-hybridized carbons (Fsp3) is 0.375. The van der Waals surface area contributed by atoms with E-state index in [4.69, 9.17) is 5.11 Å². The molecule has 1 aromatic carbocycles. The van der Waals surface area contributed by atoms with E-state index in [-0.39, 0.29) is 25.0 Å². The van der Waals surface area contributed by atoms with Crippen LogP contribution in [0.3, 0.4) is 0 Å². The molecule has 1 unspecified atom stereocenters. The maximum Gasteiger partial charge on any atom is 0.322 e. The molecule has 0 radical (unpaired) electrons. The molecule has 5 nitrogen and oxygen atoms in total. The summed E-state index contributed by atoms with van der Waals surface area (Å²) in [6.45, 7) is 0.160. The fourth-order valence-corrected chi connectivity index (χ4v) is 2.34. The number of nitrogens with one attached hydrogen (secondary N) is 1. The van der Waals surface area contributed by atoms with Crippen LogP contribution in [0.4, 0.5) is 10.5 Å². The first kappa shape index (κ1) is 15.1. The fourth-order valence-electron chi connectivity index (χ4n) is 2.34. The number of rotatable bonds is 5. The van der Waals surface area contributed by atoms with Gasteiger partial charge >= 0.3 is 12.0 Å². The Morgan fingerprint density at radius 1 is 1.24 bits per heavy atom. The molecule has 2 N–H and O–H groups in total. The van der Waals surface area contributed by atoms with Crippen LogP contribution in [0.2, 0.25) is 0 Å². The van der Waals surface area contributed by atoms with Gasteiger partial charge in [0.1, 0.15) is 0 Å². The van der Waals surface area contributed by atoms with Crippen molar-refractivity contribution in [2.24, 2.45) is 0 Å². The maximum absolute atomic E-state index is 12.4. The first-order chi connectivity index (χ1) is 10.2. The molecule has 0 aliphatic heterocycles. The topological polar surface area (TPSA) is 69.6 Å². The highest BCUT2D eigenvalue weighted by molar-refractivity contribution is 5.92. The van der Waals surface area contributed by atoms with Crippen LogP contribution >= 0.6 is 0 Å². The average molecular weight is 288 g/mol. The molecule has 0 aromatic heterocycles. The number of carbonyl (C=O) groups excluding carboxylic acids is 1. The highest BCUT2D eigenvalue weighted by atomic mass is 16.4. The van der Waals surface area contributed by atoms with Crippen LogP contribution in [0.5, 0.6) is 0 Å². The zero-order chi connectivity index (χ0) is 15.1. The van der Waals surface area contributed by atoms with E-state index >= 15 is 0 Å². The molecule has 1 aliphatic rings. The van der Waals surface area contributed by atoms with Gasteiger partial charge in [0.2, 0.25) is 0 Å². The molecule has 1 aromatic rings. The second-order valence-corrected chi connectivity index (χ2v) is 5.06. The number of benzene rings is 1. The van der Waals surface area contributed by atoms with Crippen molar-refractivity contribution in [1.82, 2.24) is 5.32 Å². The van der Waals surface area contributed by atoms with Gasteiger partial charge in [-0.1, -0.05) is 30.4 Å². The predicted molar refractivity (Wildman–Crippen MR) is 81.4 cm³/mol. The number of anilines is 1. The van der Waals surface area contributed by atoms with Crippen LogP contribution < -0.4 is 10.2 Å². The summed E-state index contributed by atoms with van der Waals surface area (Å²) in [7, 11) is 0. The molecule has 2 amide bonds. The molecule has 5 heteroatoms. The van der Waals surface area contributed by atoms with Crippen molar-refractivity contribution in [2.75, 3.05) is 11.4 Å². The molecule has 0 saturated heterocycles. The predicted octanol–water partition coefficient (Wildman–Crippen LogP) is 2.79. The lowest BCUT2D eigenvalue weighted by atomic mass is 10.0. The van der Waals surface area contributed by atoms with Crippen LogP contribution in [-0.4, -0.2) is 29.7 Å². The molecule has 0 spiro atoms. The summed E-state index contributed by atoms with van der Waals surface area (Å²) >= 11 is 0. The van der Waals surface area contributed by atoms with Crippen molar-refractivity contribution < 1.29 is 14.7 Å². The minimum absolute atomic E-state index is 0.0765. The standard InChI is InChI=1S/C16H20N2O3/c19-15(20)11-12-18(14-9-5-2-6-10-14)16(21)17-13-7-3-1-4-8-13/h1-3,5-6,9-10,13H,4,7-8,11-12H2,(H,17,21)(H,19,20). The minimum atomic E-state index is -0.913. The van der Waals surface area contributed by atoms with Gasteiger partial charge in [-0.15, -0.1) is 0 Å². The number of nitrogens with zero attached hydrogens (tertiary/aromatic N) is 1. The van der Waals surface area contributed by atoms with E-state index in [2.05, 4.69) is 17.5 Å². The quantitative estimate of drug-likeness (QED) is 0.818. The average Bonchev–Trinajstić information content (AvgIpc) is 2.49. The first-order valence-electron chi connectivity index (χ1n) is 7.16. The number of amides is 2. The zero-order valence-electron chi connectivity index (χ0n) is 11.9. The smallest absolute Gasteiger partial charge is 0.322 e. The summed E-state index contributed by atoms with van der Waals surface area (Å²) < 4.78 is 0. The van der Waals surface area contributed by atoms with Crippen molar-refractivity contribution in [3.63, 3.8) is 0 Å². The number of para-hydroxylation sites is 1. The van der Waals surface area contributed by atoms with Crippen LogP contribution in [0, 0.1) is 0 Å². The van der Waals surface area contributed by atoms with Crippen molar-refractivity contribution in [2.45, 2.75) is 31.7 Å². The Morgan fingerprint density at radius 3 is 2.62 bits per heavy atom. The van der Waals surface area contributed by atoms with Gasteiger partial charge < -0.3 is 10.4 Å². The summed E-state index contributed by atoms with van der Waals surface area (Å²) in [6.07, 6.45) is 6.82. The zero-order valence-corrected chi connectivity index (χ0v) is 11.9. The normalized spacial score (nSPS) is 17.2. The van der Waals surface area contributed by atoms with Gasteiger partial charge in [-0.3, -0.25) is 9.69 Å². The second kappa shape index (κ2) is 7.47. The van der Waals surface area contributed by atoms with Crippen molar-refractivity contribution >= 4 is 17.7 Å². The van der Waals surface area contributed by atoms with Gasteiger partial charge in [0, 0.05) is 18.3 Å². The molecule has 0 bridgehead atoms. The number of aliphatic carboxylic acids is 1. The summed E-state index contributed by atoms with van der Waals surface area (Å²) in [5.41, 5.74) is 0.711. The molecular weight excluding hydrogens is 268 g/mol. The van der Waals surface area contributed by atoms with E-state index in [1.54, 1.807) is 0 Å². The number of hydrogen-bond acceptors (Lipinski definition) is 2. The van der Waals surface area contributed by atoms with Crippen LogP contribution in [-0.2, 0) is 4.79 Å². The molecule has 0 fully saturated rings. The van der Waals surface area contributed by atoms with Crippen LogP contribution in [0.15, 0.2) is 42.5 Å². The van der Waals surface area contributed by atoms with Crippen LogP contribution in [0.1, 0.15) is 25.7 Å². The highest BCUT2D eigenvalue weighted by Gasteiger charge is 2.20. The molecule has 112 valence electrons. The molecular formula is C16H20N2O3. The van der Waals surface area contributed by atoms with Gasteiger partial charge in [0.05, 0.1) is 6.42 Å². The number of hydrogen-bond donors (Lipinski definition) is 2. The lowest BCUT2D eigenvalue weighted by Crippen LogP contribution is -2.46. The third kappa shape index (κ3) is 4.63. The Bertz CT molecular complexity index is 514. The second-order valence-electron chi connectivity index (χ2n) is 5.06. The number of carboxylic acids is 1. The largest absolute Gasteiger partial charge is 0.481 e. The number of urea groups is 1. The van der Waals surface area contributed by atoms with E-state index in [9.17, 15) is 9.59 Å². The van der Waals surface area contributed by atoms with Gasteiger partial charge in [-0.05, 0) is 31.4 Å².